The molecule has 1 aliphatic carbocycles. The summed E-state index contributed by atoms with van der Waals surface area (Å²) in [6.45, 7) is 0.530. The zero-order valence-corrected chi connectivity index (χ0v) is 15.9. The van der Waals surface area contributed by atoms with Gasteiger partial charge in [-0.1, -0.05) is 55.0 Å². The Morgan fingerprint density at radius 3 is 2.46 bits per heavy atom. The van der Waals surface area contributed by atoms with Crippen molar-refractivity contribution in [3.63, 3.8) is 0 Å². The summed E-state index contributed by atoms with van der Waals surface area (Å²) in [6, 6.07) is 15.0. The number of hydrogen-bond acceptors (Lipinski definition) is 4. The van der Waals surface area contributed by atoms with Gasteiger partial charge in [0.05, 0.1) is 19.7 Å². The molecule has 2 aliphatic rings. The third-order valence-electron chi connectivity index (χ3n) is 5.85. The van der Waals surface area contributed by atoms with Crippen molar-refractivity contribution in [2.45, 2.75) is 44.3 Å². The van der Waals surface area contributed by atoms with Crippen molar-refractivity contribution in [1.82, 2.24) is 4.90 Å². The van der Waals surface area contributed by atoms with Crippen molar-refractivity contribution in [2.75, 3.05) is 13.1 Å². The first-order valence-electron chi connectivity index (χ1n) is 9.91. The van der Waals surface area contributed by atoms with Crippen LogP contribution in [0.25, 0.3) is 11.1 Å². The van der Waals surface area contributed by atoms with Gasteiger partial charge in [-0.05, 0) is 42.4 Å². The molecule has 0 atom stereocenters. The van der Waals surface area contributed by atoms with Crippen molar-refractivity contribution in [1.29, 1.82) is 0 Å². The molecule has 1 heterocycles. The molecule has 1 saturated heterocycles. The maximum absolute atomic E-state index is 12.7. The van der Waals surface area contributed by atoms with Crippen LogP contribution in [0, 0.1) is 0 Å². The summed E-state index contributed by atoms with van der Waals surface area (Å²) < 4.78 is 5.65. The van der Waals surface area contributed by atoms with Gasteiger partial charge in [-0.25, -0.2) is 4.79 Å². The lowest BCUT2D eigenvalue weighted by Gasteiger charge is -2.30. The fourth-order valence-corrected chi connectivity index (χ4v) is 4.31. The SMILES string of the molecule is O=C(CN1CC2(CCCCC2)OC1=O)c1ccc(-c2ccccc2CO)cc1. The molecule has 2 aromatic rings. The third-order valence-corrected chi connectivity index (χ3v) is 5.85. The van der Waals surface area contributed by atoms with E-state index in [0.717, 1.165) is 42.4 Å². The zero-order valence-electron chi connectivity index (χ0n) is 15.9. The number of aliphatic hydroxyl groups is 1. The first-order valence-corrected chi connectivity index (χ1v) is 9.91. The molecule has 1 N–H and O–H groups in total. The molecule has 1 saturated carbocycles. The molecule has 1 aliphatic heterocycles. The van der Waals surface area contributed by atoms with Gasteiger partial charge in [-0.15, -0.1) is 0 Å². The molecule has 4 rings (SSSR count). The highest BCUT2D eigenvalue weighted by Crippen LogP contribution is 2.37. The Balaban J connectivity index is 1.45. The summed E-state index contributed by atoms with van der Waals surface area (Å²) >= 11 is 0. The van der Waals surface area contributed by atoms with Crippen molar-refractivity contribution in [2.24, 2.45) is 0 Å². The Labute approximate surface area is 164 Å². The predicted octanol–water partition coefficient (Wildman–Crippen LogP) is 4.18. The second-order valence-corrected chi connectivity index (χ2v) is 7.78. The molecule has 1 spiro atoms. The first kappa shape index (κ1) is 18.7. The molecule has 0 radical (unpaired) electrons. The Hall–Kier alpha value is -2.66. The first-order chi connectivity index (χ1) is 13.6. The molecular formula is C23H25NO4. The van der Waals surface area contributed by atoms with Gasteiger partial charge < -0.3 is 9.84 Å². The van der Waals surface area contributed by atoms with Crippen LogP contribution in [0.3, 0.4) is 0 Å². The van der Waals surface area contributed by atoms with Crippen LogP contribution in [0.4, 0.5) is 4.79 Å². The second-order valence-electron chi connectivity index (χ2n) is 7.78. The smallest absolute Gasteiger partial charge is 0.410 e. The average Bonchev–Trinajstić information content (AvgIpc) is 3.02. The number of aliphatic hydroxyl groups excluding tert-OH is 1. The molecule has 1 amide bonds. The van der Waals surface area contributed by atoms with E-state index in [1.54, 1.807) is 17.0 Å². The lowest BCUT2D eigenvalue weighted by molar-refractivity contribution is 0.0260. The van der Waals surface area contributed by atoms with Gasteiger partial charge in [0.2, 0.25) is 0 Å². The lowest BCUT2D eigenvalue weighted by Crippen LogP contribution is -2.38. The minimum absolute atomic E-state index is 0.0321. The number of carbonyl (C=O) groups is 2. The van der Waals surface area contributed by atoms with Crippen LogP contribution in [-0.4, -0.2) is 40.6 Å². The zero-order chi connectivity index (χ0) is 19.6. The number of ether oxygens (including phenoxy) is 1. The second kappa shape index (κ2) is 7.76. The normalized spacial score (nSPS) is 18.3. The maximum atomic E-state index is 12.7. The van der Waals surface area contributed by atoms with E-state index < -0.39 is 0 Å². The van der Waals surface area contributed by atoms with Gasteiger partial charge >= 0.3 is 6.09 Å². The number of rotatable bonds is 5. The van der Waals surface area contributed by atoms with Crippen molar-refractivity contribution >= 4 is 11.9 Å². The van der Waals surface area contributed by atoms with E-state index in [2.05, 4.69) is 0 Å². The molecule has 0 aromatic heterocycles. The highest BCUT2D eigenvalue weighted by Gasteiger charge is 2.45. The predicted molar refractivity (Wildman–Crippen MR) is 106 cm³/mol. The Morgan fingerprint density at radius 1 is 1.04 bits per heavy atom. The van der Waals surface area contributed by atoms with Gasteiger partial charge in [0.15, 0.2) is 5.78 Å². The molecule has 0 bridgehead atoms. The molecule has 5 nitrogen and oxygen atoms in total. The summed E-state index contributed by atoms with van der Waals surface area (Å²) in [5, 5.41) is 9.51. The highest BCUT2D eigenvalue weighted by molar-refractivity contribution is 5.99. The fraction of sp³-hybridized carbons (Fsp3) is 0.391. The minimum Gasteiger partial charge on any atom is -0.441 e. The van der Waals surface area contributed by atoms with Gasteiger partial charge in [-0.2, -0.15) is 0 Å². The lowest BCUT2D eigenvalue weighted by atomic mass is 9.85. The number of carbonyl (C=O) groups excluding carboxylic acids is 2. The molecule has 146 valence electrons. The van der Waals surface area contributed by atoms with E-state index >= 15 is 0 Å². The molecule has 28 heavy (non-hydrogen) atoms. The minimum atomic E-state index is -0.381. The molecule has 2 aromatic carbocycles. The number of benzene rings is 2. The summed E-state index contributed by atoms with van der Waals surface area (Å²) in [4.78, 5) is 26.5. The standard InChI is InChI=1S/C23H25NO4/c25-15-19-6-2-3-7-20(19)17-8-10-18(11-9-17)21(26)14-24-16-23(28-22(24)27)12-4-1-5-13-23/h2-3,6-11,25H,1,4-5,12-16H2. The summed E-state index contributed by atoms with van der Waals surface area (Å²) in [7, 11) is 0. The van der Waals surface area contributed by atoms with Crippen molar-refractivity contribution in [3.05, 3.63) is 59.7 Å². The number of ketones is 1. The topological polar surface area (TPSA) is 66.8 Å². The van der Waals surface area contributed by atoms with Crippen LogP contribution in [0.1, 0.15) is 48.0 Å². The number of Topliss-reactive ketones (excluding diaryl/α,β-unsaturated/α-hetero) is 1. The van der Waals surface area contributed by atoms with Gasteiger partial charge in [0, 0.05) is 5.56 Å². The molecule has 0 unspecified atom stereocenters. The van der Waals surface area contributed by atoms with Crippen LogP contribution < -0.4 is 0 Å². The monoisotopic (exact) mass is 379 g/mol. The Kier molecular flexibility index (Phi) is 5.18. The number of hydrogen-bond donors (Lipinski definition) is 1. The average molecular weight is 379 g/mol. The number of nitrogens with zero attached hydrogens (tertiary/aromatic N) is 1. The van der Waals surface area contributed by atoms with E-state index in [4.69, 9.17) is 4.74 Å². The van der Waals surface area contributed by atoms with Crippen LogP contribution in [0.2, 0.25) is 0 Å². The molecular weight excluding hydrogens is 354 g/mol. The van der Waals surface area contributed by atoms with E-state index in [1.807, 2.05) is 36.4 Å². The number of amides is 1. The summed E-state index contributed by atoms with van der Waals surface area (Å²) in [5.41, 5.74) is 2.93. The van der Waals surface area contributed by atoms with Crippen LogP contribution >= 0.6 is 0 Å². The highest BCUT2D eigenvalue weighted by atomic mass is 16.6. The third kappa shape index (κ3) is 3.67. The van der Waals surface area contributed by atoms with Crippen molar-refractivity contribution < 1.29 is 19.4 Å². The maximum Gasteiger partial charge on any atom is 0.410 e. The van der Waals surface area contributed by atoms with E-state index in [-0.39, 0.29) is 30.6 Å². The van der Waals surface area contributed by atoms with Crippen molar-refractivity contribution in [3.8, 4) is 11.1 Å². The largest absolute Gasteiger partial charge is 0.441 e. The van der Waals surface area contributed by atoms with Crippen LogP contribution in [0.15, 0.2) is 48.5 Å². The molecule has 2 fully saturated rings. The Bertz CT molecular complexity index is 868. The van der Waals surface area contributed by atoms with Gasteiger partial charge in [0.25, 0.3) is 0 Å². The summed E-state index contributed by atoms with van der Waals surface area (Å²) in [5.74, 6) is -0.0909. The molecule has 5 heteroatoms. The van der Waals surface area contributed by atoms with Crippen LogP contribution in [-0.2, 0) is 11.3 Å². The van der Waals surface area contributed by atoms with Crippen LogP contribution in [0.5, 0.6) is 0 Å². The quantitative estimate of drug-likeness (QED) is 0.792. The van der Waals surface area contributed by atoms with Gasteiger partial charge in [-0.3, -0.25) is 9.69 Å². The van der Waals surface area contributed by atoms with E-state index in [1.165, 1.54) is 6.42 Å². The van der Waals surface area contributed by atoms with Gasteiger partial charge in [0.1, 0.15) is 5.60 Å². The fourth-order valence-electron chi connectivity index (χ4n) is 4.31. The van der Waals surface area contributed by atoms with E-state index in [0.29, 0.717) is 12.1 Å². The Morgan fingerprint density at radius 2 is 1.75 bits per heavy atom. The van der Waals surface area contributed by atoms with E-state index in [9.17, 15) is 14.7 Å². The summed E-state index contributed by atoms with van der Waals surface area (Å²) in [6.07, 6.45) is 4.75.